The normalized spacial score (nSPS) is 22.9. The lowest BCUT2D eigenvalue weighted by atomic mass is 9.55. The van der Waals surface area contributed by atoms with E-state index in [0.29, 0.717) is 10.8 Å². The number of aryl methyl sites for hydroxylation is 2. The van der Waals surface area contributed by atoms with Crippen molar-refractivity contribution in [2.24, 2.45) is 11.3 Å². The maximum atomic E-state index is 4.48. The van der Waals surface area contributed by atoms with E-state index in [0.717, 1.165) is 19.0 Å². The van der Waals surface area contributed by atoms with Crippen molar-refractivity contribution in [2.45, 2.75) is 72.1 Å². The monoisotopic (exact) mass is 401 g/mol. The highest BCUT2D eigenvalue weighted by molar-refractivity contribution is 5.63. The number of likely N-dealkylation sites (tertiary alicyclic amines) is 1. The molecule has 1 heterocycles. The van der Waals surface area contributed by atoms with Gasteiger partial charge in [0, 0.05) is 18.8 Å². The van der Waals surface area contributed by atoms with E-state index >= 15 is 0 Å². The highest BCUT2D eigenvalue weighted by Gasteiger charge is 2.46. The van der Waals surface area contributed by atoms with Crippen LogP contribution in [0.25, 0.3) is 5.70 Å². The molecule has 1 heteroatoms. The Labute approximate surface area is 184 Å². The molecular formula is C29H39N. The Morgan fingerprint density at radius 1 is 1.03 bits per heavy atom. The summed E-state index contributed by atoms with van der Waals surface area (Å²) in [6.45, 7) is 18.4. The van der Waals surface area contributed by atoms with Crippen LogP contribution in [0.4, 0.5) is 0 Å². The summed E-state index contributed by atoms with van der Waals surface area (Å²) in [5.74, 6) is 0.725. The Morgan fingerprint density at radius 3 is 2.40 bits per heavy atom. The van der Waals surface area contributed by atoms with E-state index in [9.17, 15) is 0 Å². The zero-order chi connectivity index (χ0) is 21.5. The second-order valence-corrected chi connectivity index (χ2v) is 10.9. The fourth-order valence-electron chi connectivity index (χ4n) is 6.44. The Kier molecular flexibility index (Phi) is 5.60. The van der Waals surface area contributed by atoms with Crippen molar-refractivity contribution >= 4 is 5.70 Å². The van der Waals surface area contributed by atoms with Crippen molar-refractivity contribution in [3.05, 3.63) is 76.9 Å². The molecule has 0 saturated carbocycles. The molecule has 1 spiro atoms. The van der Waals surface area contributed by atoms with Crippen molar-refractivity contribution in [3.8, 4) is 0 Å². The molecule has 0 radical (unpaired) electrons. The Bertz CT molecular complexity index is 929. The predicted molar refractivity (Wildman–Crippen MR) is 130 cm³/mol. The molecule has 160 valence electrons. The number of benzene rings is 2. The Hall–Kier alpha value is -2.02. The van der Waals surface area contributed by atoms with Crippen molar-refractivity contribution in [3.63, 3.8) is 0 Å². The lowest BCUT2D eigenvalue weighted by Crippen LogP contribution is -2.47. The number of fused-ring (bicyclic) bond motifs is 1. The minimum absolute atomic E-state index is 0.302. The van der Waals surface area contributed by atoms with Crippen LogP contribution in [-0.4, -0.2) is 18.0 Å². The van der Waals surface area contributed by atoms with Crippen LogP contribution in [0.15, 0.2) is 49.0 Å². The molecule has 2 aromatic carbocycles. The minimum atomic E-state index is 0.302. The molecule has 0 N–H and O–H groups in total. The molecule has 0 aromatic heterocycles. The van der Waals surface area contributed by atoms with Gasteiger partial charge in [0.15, 0.2) is 0 Å². The molecule has 1 nitrogen and oxygen atoms in total. The van der Waals surface area contributed by atoms with Gasteiger partial charge in [-0.1, -0.05) is 63.7 Å². The summed E-state index contributed by atoms with van der Waals surface area (Å²) in [6.07, 6.45) is 6.42. The molecule has 0 unspecified atom stereocenters. The standard InChI is InChI=1S/C29H39N/c1-21(2)18-28(6)20-29(19-26-9-7-8-10-27(26)28)13-15-30(16-14-29)24(5)25-12-11-22(3)23(4)17-25/h7-12,17,21H,5,13-16,18-20H2,1-4,6H3/t28-/m0/s1. The molecule has 1 atom stereocenters. The molecule has 1 saturated heterocycles. The van der Waals surface area contributed by atoms with Gasteiger partial charge in [-0.3, -0.25) is 0 Å². The maximum Gasteiger partial charge on any atom is 0.0366 e. The molecule has 0 amide bonds. The van der Waals surface area contributed by atoms with Crippen molar-refractivity contribution in [2.75, 3.05) is 13.1 Å². The molecule has 2 aromatic rings. The van der Waals surface area contributed by atoms with Crippen LogP contribution in [0.2, 0.25) is 0 Å². The maximum absolute atomic E-state index is 4.48. The first-order valence-corrected chi connectivity index (χ1v) is 11.8. The number of nitrogens with zero attached hydrogens (tertiary/aromatic N) is 1. The minimum Gasteiger partial charge on any atom is -0.371 e. The number of rotatable bonds is 4. The first kappa shape index (κ1) is 21.2. The third-order valence-corrected chi connectivity index (χ3v) is 7.90. The van der Waals surface area contributed by atoms with E-state index in [-0.39, 0.29) is 0 Å². The molecular weight excluding hydrogens is 362 g/mol. The van der Waals surface area contributed by atoms with Gasteiger partial charge in [-0.2, -0.15) is 0 Å². The van der Waals surface area contributed by atoms with Crippen LogP contribution in [0.3, 0.4) is 0 Å². The fourth-order valence-corrected chi connectivity index (χ4v) is 6.44. The summed E-state index contributed by atoms with van der Waals surface area (Å²) < 4.78 is 0. The molecule has 4 rings (SSSR count). The van der Waals surface area contributed by atoms with Crippen molar-refractivity contribution in [1.29, 1.82) is 0 Å². The van der Waals surface area contributed by atoms with Crippen molar-refractivity contribution in [1.82, 2.24) is 4.90 Å². The molecule has 30 heavy (non-hydrogen) atoms. The lowest BCUT2D eigenvalue weighted by Gasteiger charge is -2.52. The summed E-state index contributed by atoms with van der Waals surface area (Å²) in [6, 6.07) is 16.1. The van der Waals surface area contributed by atoms with Crippen LogP contribution in [0.1, 0.15) is 74.3 Å². The number of piperidine rings is 1. The van der Waals surface area contributed by atoms with Crippen LogP contribution in [-0.2, 0) is 11.8 Å². The number of hydrogen-bond donors (Lipinski definition) is 0. The summed E-state index contributed by atoms with van der Waals surface area (Å²) in [7, 11) is 0. The van der Waals surface area contributed by atoms with Gasteiger partial charge in [0.1, 0.15) is 0 Å². The van der Waals surface area contributed by atoms with Crippen molar-refractivity contribution < 1.29 is 0 Å². The van der Waals surface area contributed by atoms with E-state index in [1.165, 1.54) is 54.5 Å². The SMILES string of the molecule is C=C(c1ccc(C)c(C)c1)N1CCC2(CC1)Cc1ccccc1[C@@](C)(CC(C)C)C2. The molecule has 1 aliphatic carbocycles. The van der Waals surface area contributed by atoms with E-state index < -0.39 is 0 Å². The zero-order valence-corrected chi connectivity index (χ0v) is 19.7. The van der Waals surface area contributed by atoms with Gasteiger partial charge in [-0.15, -0.1) is 0 Å². The fraction of sp³-hybridized carbons (Fsp3) is 0.517. The van der Waals surface area contributed by atoms with Gasteiger partial charge in [0.2, 0.25) is 0 Å². The summed E-state index contributed by atoms with van der Waals surface area (Å²) >= 11 is 0. The van der Waals surface area contributed by atoms with Gasteiger partial charge in [-0.25, -0.2) is 0 Å². The summed E-state index contributed by atoms with van der Waals surface area (Å²) in [5.41, 5.74) is 9.17. The Morgan fingerprint density at radius 2 is 1.73 bits per heavy atom. The van der Waals surface area contributed by atoms with Crippen LogP contribution in [0, 0.1) is 25.2 Å². The zero-order valence-electron chi connectivity index (χ0n) is 19.7. The van der Waals surface area contributed by atoms with Crippen LogP contribution in [0.5, 0.6) is 0 Å². The molecule has 0 bridgehead atoms. The summed E-state index contributed by atoms with van der Waals surface area (Å²) in [4.78, 5) is 2.54. The predicted octanol–water partition coefficient (Wildman–Crippen LogP) is 7.31. The van der Waals surface area contributed by atoms with Gasteiger partial charge >= 0.3 is 0 Å². The molecule has 1 aliphatic heterocycles. The van der Waals surface area contributed by atoms with Gasteiger partial charge < -0.3 is 4.90 Å². The average molecular weight is 402 g/mol. The van der Waals surface area contributed by atoms with Crippen LogP contribution >= 0.6 is 0 Å². The lowest BCUT2D eigenvalue weighted by molar-refractivity contribution is 0.0802. The van der Waals surface area contributed by atoms with Gasteiger partial charge in [0.25, 0.3) is 0 Å². The Balaban J connectivity index is 1.53. The first-order valence-electron chi connectivity index (χ1n) is 11.8. The van der Waals surface area contributed by atoms with Gasteiger partial charge in [0.05, 0.1) is 0 Å². The third-order valence-electron chi connectivity index (χ3n) is 7.90. The highest BCUT2D eigenvalue weighted by Crippen LogP contribution is 2.53. The highest BCUT2D eigenvalue weighted by atomic mass is 15.1. The smallest absolute Gasteiger partial charge is 0.0366 e. The summed E-state index contributed by atoms with van der Waals surface area (Å²) in [5, 5.41) is 0. The average Bonchev–Trinajstić information content (AvgIpc) is 2.69. The second kappa shape index (κ2) is 7.91. The first-order chi connectivity index (χ1) is 14.2. The largest absolute Gasteiger partial charge is 0.371 e. The van der Waals surface area contributed by atoms with E-state index in [2.05, 4.69) is 88.6 Å². The number of hydrogen-bond acceptors (Lipinski definition) is 1. The molecule has 2 aliphatic rings. The van der Waals surface area contributed by atoms with E-state index in [1.54, 1.807) is 11.1 Å². The molecule has 1 fully saturated rings. The van der Waals surface area contributed by atoms with E-state index in [4.69, 9.17) is 0 Å². The quantitative estimate of drug-likeness (QED) is 0.519. The van der Waals surface area contributed by atoms with E-state index in [1.807, 2.05) is 0 Å². The third kappa shape index (κ3) is 3.96. The topological polar surface area (TPSA) is 3.24 Å². The van der Waals surface area contributed by atoms with Crippen LogP contribution < -0.4 is 0 Å². The second-order valence-electron chi connectivity index (χ2n) is 10.9. The van der Waals surface area contributed by atoms with Gasteiger partial charge in [-0.05, 0) is 96.6 Å².